The van der Waals surface area contributed by atoms with Gasteiger partial charge in [-0.25, -0.2) is 0 Å². The second-order valence-electron chi connectivity index (χ2n) is 6.33. The zero-order chi connectivity index (χ0) is 16.3. The Labute approximate surface area is 135 Å². The summed E-state index contributed by atoms with van der Waals surface area (Å²) >= 11 is 0. The minimum atomic E-state index is -0.811. The molecular formula is C18H21NO4. The number of nitrogens with zero attached hydrogens (tertiary/aromatic N) is 1. The van der Waals surface area contributed by atoms with E-state index in [1.807, 2.05) is 30.3 Å². The van der Waals surface area contributed by atoms with E-state index < -0.39 is 11.9 Å². The largest absolute Gasteiger partial charge is 0.481 e. The number of carbonyl (C=O) groups excluding carboxylic acids is 1. The molecule has 0 saturated carbocycles. The van der Waals surface area contributed by atoms with Crippen LogP contribution in [0.25, 0.3) is 6.08 Å². The van der Waals surface area contributed by atoms with Crippen molar-refractivity contribution < 1.29 is 19.4 Å². The molecule has 0 radical (unpaired) electrons. The number of aliphatic carboxylic acids is 1. The highest BCUT2D eigenvalue weighted by Crippen LogP contribution is 2.44. The maximum absolute atomic E-state index is 12.4. The van der Waals surface area contributed by atoms with Crippen LogP contribution in [0.5, 0.6) is 0 Å². The van der Waals surface area contributed by atoms with Gasteiger partial charge in [0.2, 0.25) is 5.91 Å². The molecule has 1 amide bonds. The highest BCUT2D eigenvalue weighted by atomic mass is 16.5. The Morgan fingerprint density at radius 3 is 2.57 bits per heavy atom. The van der Waals surface area contributed by atoms with Gasteiger partial charge in [0.1, 0.15) is 0 Å². The molecule has 23 heavy (non-hydrogen) atoms. The highest BCUT2D eigenvalue weighted by molar-refractivity contribution is 5.92. The molecule has 2 saturated heterocycles. The van der Waals surface area contributed by atoms with E-state index in [-0.39, 0.29) is 17.9 Å². The van der Waals surface area contributed by atoms with Gasteiger partial charge in [-0.2, -0.15) is 0 Å². The van der Waals surface area contributed by atoms with E-state index in [2.05, 4.69) is 0 Å². The van der Waals surface area contributed by atoms with Crippen LogP contribution >= 0.6 is 0 Å². The predicted molar refractivity (Wildman–Crippen MR) is 85.7 cm³/mol. The van der Waals surface area contributed by atoms with Gasteiger partial charge in [0.15, 0.2) is 0 Å². The van der Waals surface area contributed by atoms with Gasteiger partial charge in [-0.3, -0.25) is 9.59 Å². The third-order valence-electron chi connectivity index (χ3n) is 4.96. The van der Waals surface area contributed by atoms with Crippen molar-refractivity contribution in [3.05, 3.63) is 42.0 Å². The smallest absolute Gasteiger partial charge is 0.308 e. The van der Waals surface area contributed by atoms with Gasteiger partial charge < -0.3 is 14.7 Å². The van der Waals surface area contributed by atoms with Crippen molar-refractivity contribution >= 4 is 18.0 Å². The highest BCUT2D eigenvalue weighted by Gasteiger charge is 2.51. The van der Waals surface area contributed by atoms with Gasteiger partial charge in [0.05, 0.1) is 5.92 Å². The van der Waals surface area contributed by atoms with Crippen LogP contribution in [0.3, 0.4) is 0 Å². The first-order valence-corrected chi connectivity index (χ1v) is 7.93. The number of carboxylic acid groups (broad SMARTS) is 1. The molecule has 5 heteroatoms. The lowest BCUT2D eigenvalue weighted by Crippen LogP contribution is -2.40. The number of amides is 1. The van der Waals surface area contributed by atoms with Crippen LogP contribution in [0.15, 0.2) is 36.4 Å². The van der Waals surface area contributed by atoms with E-state index in [1.165, 1.54) is 6.08 Å². The zero-order valence-electron chi connectivity index (χ0n) is 13.0. The Bertz CT molecular complexity index is 605. The number of carbonyl (C=O) groups is 2. The van der Waals surface area contributed by atoms with Crippen molar-refractivity contribution in [3.63, 3.8) is 0 Å². The molecule has 1 unspecified atom stereocenters. The fraction of sp³-hybridized carbons (Fsp3) is 0.444. The number of ether oxygens (including phenoxy) is 1. The number of carboxylic acids is 1. The molecule has 2 aliphatic heterocycles. The van der Waals surface area contributed by atoms with Crippen molar-refractivity contribution in [1.82, 2.24) is 4.90 Å². The molecule has 1 aromatic carbocycles. The Kier molecular flexibility index (Phi) is 4.48. The van der Waals surface area contributed by atoms with Crippen LogP contribution in [-0.4, -0.2) is 48.2 Å². The summed E-state index contributed by atoms with van der Waals surface area (Å²) in [6, 6.07) is 9.60. The van der Waals surface area contributed by atoms with Gasteiger partial charge in [-0.1, -0.05) is 30.3 Å². The minimum absolute atomic E-state index is 0.122. The maximum Gasteiger partial charge on any atom is 0.308 e. The van der Waals surface area contributed by atoms with Gasteiger partial charge in [0, 0.05) is 37.8 Å². The second-order valence-corrected chi connectivity index (χ2v) is 6.33. The zero-order valence-corrected chi connectivity index (χ0v) is 13.0. The number of hydrogen-bond acceptors (Lipinski definition) is 3. The van der Waals surface area contributed by atoms with Crippen LogP contribution in [0.4, 0.5) is 0 Å². The molecule has 122 valence electrons. The SMILES string of the molecule is O=C(O)C1CN(C(=O)C=Cc2ccccc2)CC12CCOCC2. The van der Waals surface area contributed by atoms with Crippen LogP contribution in [0.1, 0.15) is 18.4 Å². The molecule has 2 heterocycles. The molecule has 0 aliphatic carbocycles. The molecule has 2 fully saturated rings. The topological polar surface area (TPSA) is 66.8 Å². The normalized spacial score (nSPS) is 23.5. The van der Waals surface area contributed by atoms with Crippen molar-refractivity contribution in [2.24, 2.45) is 11.3 Å². The average Bonchev–Trinajstić information content (AvgIpc) is 2.93. The van der Waals surface area contributed by atoms with Crippen molar-refractivity contribution in [2.45, 2.75) is 12.8 Å². The Morgan fingerprint density at radius 2 is 1.91 bits per heavy atom. The molecule has 5 nitrogen and oxygen atoms in total. The Balaban J connectivity index is 1.72. The van der Waals surface area contributed by atoms with E-state index in [9.17, 15) is 14.7 Å². The lowest BCUT2D eigenvalue weighted by atomic mass is 9.72. The van der Waals surface area contributed by atoms with E-state index in [1.54, 1.807) is 11.0 Å². The molecule has 1 aromatic rings. The summed E-state index contributed by atoms with van der Waals surface area (Å²) in [5.41, 5.74) is 0.621. The average molecular weight is 315 g/mol. The minimum Gasteiger partial charge on any atom is -0.481 e. The van der Waals surface area contributed by atoms with E-state index >= 15 is 0 Å². The fourth-order valence-corrected chi connectivity index (χ4v) is 3.60. The predicted octanol–water partition coefficient (Wildman–Crippen LogP) is 2.04. The fourth-order valence-electron chi connectivity index (χ4n) is 3.60. The summed E-state index contributed by atoms with van der Waals surface area (Å²) in [4.78, 5) is 25.7. The lowest BCUT2D eigenvalue weighted by Gasteiger charge is -2.35. The van der Waals surface area contributed by atoms with Crippen molar-refractivity contribution in [3.8, 4) is 0 Å². The first-order chi connectivity index (χ1) is 11.1. The molecule has 1 atom stereocenters. The van der Waals surface area contributed by atoms with E-state index in [0.717, 1.165) is 5.56 Å². The number of benzene rings is 1. The number of rotatable bonds is 3. The monoisotopic (exact) mass is 315 g/mol. The summed E-state index contributed by atoms with van der Waals surface area (Å²) < 4.78 is 5.37. The summed E-state index contributed by atoms with van der Waals surface area (Å²) in [6.45, 7) is 1.94. The second kappa shape index (κ2) is 6.54. The van der Waals surface area contributed by atoms with Crippen LogP contribution in [-0.2, 0) is 14.3 Å². The quantitative estimate of drug-likeness (QED) is 0.867. The summed E-state index contributed by atoms with van der Waals surface area (Å²) in [5.74, 6) is -1.43. The molecule has 0 aromatic heterocycles. The van der Waals surface area contributed by atoms with Gasteiger partial charge in [-0.15, -0.1) is 0 Å². The molecule has 2 aliphatic rings. The third kappa shape index (κ3) is 3.29. The standard InChI is InChI=1S/C18H21NO4/c20-16(7-6-14-4-2-1-3-5-14)19-12-15(17(21)22)18(13-19)8-10-23-11-9-18/h1-7,15H,8-13H2,(H,21,22). The van der Waals surface area contributed by atoms with Gasteiger partial charge >= 0.3 is 5.97 Å². The van der Waals surface area contributed by atoms with Crippen molar-refractivity contribution in [1.29, 1.82) is 0 Å². The van der Waals surface area contributed by atoms with Crippen LogP contribution in [0, 0.1) is 11.3 Å². The van der Waals surface area contributed by atoms with Gasteiger partial charge in [0.25, 0.3) is 0 Å². The maximum atomic E-state index is 12.4. The van der Waals surface area contributed by atoms with E-state index in [4.69, 9.17) is 4.74 Å². The first kappa shape index (κ1) is 15.7. The van der Waals surface area contributed by atoms with E-state index in [0.29, 0.717) is 32.6 Å². The molecule has 0 bridgehead atoms. The third-order valence-corrected chi connectivity index (χ3v) is 4.96. The van der Waals surface area contributed by atoms with Crippen molar-refractivity contribution in [2.75, 3.05) is 26.3 Å². The van der Waals surface area contributed by atoms with Gasteiger partial charge in [-0.05, 0) is 24.5 Å². The van der Waals surface area contributed by atoms with Crippen LogP contribution in [0.2, 0.25) is 0 Å². The number of likely N-dealkylation sites (tertiary alicyclic amines) is 1. The Morgan fingerprint density at radius 1 is 1.22 bits per heavy atom. The molecule has 3 rings (SSSR count). The summed E-state index contributed by atoms with van der Waals surface area (Å²) in [6.07, 6.45) is 4.71. The molecule has 1 spiro atoms. The summed E-state index contributed by atoms with van der Waals surface area (Å²) in [5, 5.41) is 9.54. The summed E-state index contributed by atoms with van der Waals surface area (Å²) in [7, 11) is 0. The molecular weight excluding hydrogens is 294 g/mol. The molecule has 1 N–H and O–H groups in total. The Hall–Kier alpha value is -2.14. The number of hydrogen-bond donors (Lipinski definition) is 1. The van der Waals surface area contributed by atoms with Crippen LogP contribution < -0.4 is 0 Å². The first-order valence-electron chi connectivity index (χ1n) is 7.93. The lowest BCUT2D eigenvalue weighted by molar-refractivity contribution is -0.146.